The number of aliphatic hydroxyl groups excluding tert-OH is 1. The third kappa shape index (κ3) is 5.10. The van der Waals surface area contributed by atoms with Crippen LogP contribution >= 0.6 is 0 Å². The topological polar surface area (TPSA) is 66.3 Å². The zero-order valence-electron chi connectivity index (χ0n) is 14.4. The highest BCUT2D eigenvalue weighted by molar-refractivity contribution is 5.76. The second-order valence-electron chi connectivity index (χ2n) is 6.75. The molecule has 1 N–H and O–H groups in total. The number of β-amino-alcohol motifs (C(OH)–C–C–N with tert-alkyl or cyclic N) is 1. The van der Waals surface area contributed by atoms with Crippen molar-refractivity contribution in [3.05, 3.63) is 60.2 Å². The maximum Gasteiger partial charge on any atom is 0.222 e. The molecule has 0 aliphatic carbocycles. The first-order valence-corrected chi connectivity index (χ1v) is 8.96. The Hall–Kier alpha value is -2.27. The molecule has 3 heterocycles. The smallest absolute Gasteiger partial charge is 0.222 e. The van der Waals surface area contributed by atoms with E-state index in [1.54, 1.807) is 18.6 Å². The summed E-state index contributed by atoms with van der Waals surface area (Å²) in [6, 6.07) is 7.94. The van der Waals surface area contributed by atoms with Crippen LogP contribution in [0, 0.1) is 5.92 Å². The molecule has 1 saturated heterocycles. The van der Waals surface area contributed by atoms with Gasteiger partial charge in [-0.2, -0.15) is 0 Å². The average Bonchev–Trinajstić information content (AvgIpc) is 3.01. The van der Waals surface area contributed by atoms with E-state index in [-0.39, 0.29) is 11.8 Å². The molecule has 1 aliphatic heterocycles. The Morgan fingerprint density at radius 3 is 2.68 bits per heavy atom. The average molecular weight is 339 g/mol. The summed E-state index contributed by atoms with van der Waals surface area (Å²) in [6.07, 6.45) is 10.9. The van der Waals surface area contributed by atoms with E-state index in [1.807, 2.05) is 29.3 Å². The molecule has 2 atom stereocenters. The Labute approximate surface area is 148 Å². The van der Waals surface area contributed by atoms with Crippen LogP contribution in [0.15, 0.2) is 49.1 Å². The van der Waals surface area contributed by atoms with E-state index in [4.69, 9.17) is 0 Å². The summed E-state index contributed by atoms with van der Waals surface area (Å²) < 4.78 is 0. The van der Waals surface area contributed by atoms with Gasteiger partial charge in [0.2, 0.25) is 5.91 Å². The van der Waals surface area contributed by atoms with Gasteiger partial charge in [-0.05, 0) is 55.0 Å². The lowest BCUT2D eigenvalue weighted by Crippen LogP contribution is -2.29. The summed E-state index contributed by atoms with van der Waals surface area (Å²) in [6.45, 7) is 1.10. The molecule has 1 aliphatic rings. The van der Waals surface area contributed by atoms with Gasteiger partial charge in [0.25, 0.3) is 0 Å². The van der Waals surface area contributed by atoms with E-state index >= 15 is 0 Å². The highest BCUT2D eigenvalue weighted by atomic mass is 16.3. The van der Waals surface area contributed by atoms with Gasteiger partial charge >= 0.3 is 0 Å². The van der Waals surface area contributed by atoms with Gasteiger partial charge in [-0.1, -0.05) is 6.07 Å². The number of amides is 1. The number of hydrogen-bond donors (Lipinski definition) is 1. The number of hydrogen-bond acceptors (Lipinski definition) is 4. The molecule has 2 aromatic heterocycles. The van der Waals surface area contributed by atoms with Gasteiger partial charge in [0, 0.05) is 50.2 Å². The second-order valence-corrected chi connectivity index (χ2v) is 6.75. The number of likely N-dealkylation sites (tertiary alicyclic amines) is 1. The molecule has 2 aromatic rings. The molecular weight excluding hydrogens is 314 g/mol. The summed E-state index contributed by atoms with van der Waals surface area (Å²) in [5.41, 5.74) is 2.37. The number of rotatable bonds is 7. The van der Waals surface area contributed by atoms with Gasteiger partial charge < -0.3 is 10.0 Å². The van der Waals surface area contributed by atoms with Gasteiger partial charge in [-0.25, -0.2) is 0 Å². The Kier molecular flexibility index (Phi) is 6.12. The SMILES string of the molecule is O=C(CCCCc1cccnc1)N1C[C@@H](Cc2ccncc2)[C@H](O)C1. The van der Waals surface area contributed by atoms with Crippen LogP contribution in [-0.4, -0.2) is 45.1 Å². The molecule has 5 heteroatoms. The standard InChI is InChI=1S/C20H25N3O2/c24-19-15-23(14-18(19)12-16-7-10-21-11-8-16)20(25)6-2-1-4-17-5-3-9-22-13-17/h3,5,7-11,13,18-19,24H,1-2,4,6,12,14-15H2/t18-,19-/m1/s1. The highest BCUT2D eigenvalue weighted by Gasteiger charge is 2.33. The first-order valence-electron chi connectivity index (χ1n) is 8.96. The molecule has 5 nitrogen and oxygen atoms in total. The number of aliphatic hydroxyl groups is 1. The highest BCUT2D eigenvalue weighted by Crippen LogP contribution is 2.22. The fourth-order valence-electron chi connectivity index (χ4n) is 3.39. The predicted octanol–water partition coefficient (Wildman–Crippen LogP) is 2.25. The van der Waals surface area contributed by atoms with Crippen molar-refractivity contribution in [2.24, 2.45) is 5.92 Å². The molecule has 1 amide bonds. The van der Waals surface area contributed by atoms with Crippen molar-refractivity contribution in [1.82, 2.24) is 14.9 Å². The zero-order valence-corrected chi connectivity index (χ0v) is 14.4. The number of unbranched alkanes of at least 4 members (excludes halogenated alkanes) is 1. The zero-order chi connectivity index (χ0) is 17.5. The maximum absolute atomic E-state index is 12.4. The molecule has 0 bridgehead atoms. The van der Waals surface area contributed by atoms with Crippen LogP contribution in [0.5, 0.6) is 0 Å². The molecule has 132 valence electrons. The molecular formula is C20H25N3O2. The second kappa shape index (κ2) is 8.72. The van der Waals surface area contributed by atoms with Gasteiger partial charge in [-0.3, -0.25) is 14.8 Å². The normalized spacial score (nSPS) is 20.0. The molecule has 0 radical (unpaired) electrons. The number of aryl methyl sites for hydroxylation is 1. The number of aromatic nitrogens is 2. The third-order valence-corrected chi connectivity index (χ3v) is 4.84. The van der Waals surface area contributed by atoms with E-state index in [0.717, 1.165) is 31.2 Å². The van der Waals surface area contributed by atoms with Crippen LogP contribution < -0.4 is 0 Å². The van der Waals surface area contributed by atoms with Gasteiger partial charge in [0.15, 0.2) is 0 Å². The van der Waals surface area contributed by atoms with E-state index < -0.39 is 6.10 Å². The van der Waals surface area contributed by atoms with Crippen molar-refractivity contribution in [2.75, 3.05) is 13.1 Å². The van der Waals surface area contributed by atoms with Crippen LogP contribution in [0.25, 0.3) is 0 Å². The first-order chi connectivity index (χ1) is 12.2. The quantitative estimate of drug-likeness (QED) is 0.786. The summed E-state index contributed by atoms with van der Waals surface area (Å²) >= 11 is 0. The third-order valence-electron chi connectivity index (χ3n) is 4.84. The minimum absolute atomic E-state index is 0.113. The van der Waals surface area contributed by atoms with Crippen molar-refractivity contribution >= 4 is 5.91 Å². The molecule has 0 unspecified atom stereocenters. The minimum atomic E-state index is -0.437. The van der Waals surface area contributed by atoms with E-state index in [9.17, 15) is 9.90 Å². The van der Waals surface area contributed by atoms with Crippen molar-refractivity contribution in [1.29, 1.82) is 0 Å². The summed E-state index contributed by atoms with van der Waals surface area (Å²) in [5, 5.41) is 10.3. The lowest BCUT2D eigenvalue weighted by atomic mass is 9.97. The molecule has 0 saturated carbocycles. The minimum Gasteiger partial charge on any atom is -0.391 e. The Morgan fingerprint density at radius 2 is 1.92 bits per heavy atom. The number of nitrogens with zero attached hydrogens (tertiary/aromatic N) is 3. The van der Waals surface area contributed by atoms with Crippen molar-refractivity contribution in [3.8, 4) is 0 Å². The van der Waals surface area contributed by atoms with Crippen molar-refractivity contribution in [3.63, 3.8) is 0 Å². The van der Waals surface area contributed by atoms with Gasteiger partial charge in [-0.15, -0.1) is 0 Å². The van der Waals surface area contributed by atoms with E-state index in [2.05, 4.69) is 16.0 Å². The number of pyridine rings is 2. The summed E-state index contributed by atoms with van der Waals surface area (Å²) in [4.78, 5) is 22.3. The predicted molar refractivity (Wildman–Crippen MR) is 95.8 cm³/mol. The van der Waals surface area contributed by atoms with E-state index in [0.29, 0.717) is 19.5 Å². The first kappa shape index (κ1) is 17.5. The number of carbonyl (C=O) groups excluding carboxylic acids is 1. The lowest BCUT2D eigenvalue weighted by Gasteiger charge is -2.16. The van der Waals surface area contributed by atoms with Crippen molar-refractivity contribution in [2.45, 2.75) is 38.2 Å². The lowest BCUT2D eigenvalue weighted by molar-refractivity contribution is -0.130. The molecule has 0 aromatic carbocycles. The van der Waals surface area contributed by atoms with Crippen LogP contribution in [0.1, 0.15) is 30.4 Å². The van der Waals surface area contributed by atoms with Crippen LogP contribution in [0.2, 0.25) is 0 Å². The van der Waals surface area contributed by atoms with Gasteiger partial charge in [0.1, 0.15) is 0 Å². The van der Waals surface area contributed by atoms with Crippen molar-refractivity contribution < 1.29 is 9.90 Å². The van der Waals surface area contributed by atoms with Crippen LogP contribution in [0.3, 0.4) is 0 Å². The summed E-state index contributed by atoms with van der Waals surface area (Å²) in [5.74, 6) is 0.268. The monoisotopic (exact) mass is 339 g/mol. The summed E-state index contributed by atoms with van der Waals surface area (Å²) in [7, 11) is 0. The molecule has 3 rings (SSSR count). The molecule has 0 spiro atoms. The van der Waals surface area contributed by atoms with Gasteiger partial charge in [0.05, 0.1) is 6.10 Å². The Morgan fingerprint density at radius 1 is 1.08 bits per heavy atom. The van der Waals surface area contributed by atoms with Crippen LogP contribution in [-0.2, 0) is 17.6 Å². The Balaban J connectivity index is 1.40. The maximum atomic E-state index is 12.4. The fourth-order valence-corrected chi connectivity index (χ4v) is 3.39. The Bertz CT molecular complexity index is 663. The van der Waals surface area contributed by atoms with E-state index in [1.165, 1.54) is 5.56 Å². The number of carbonyl (C=O) groups is 1. The van der Waals surface area contributed by atoms with Crippen LogP contribution in [0.4, 0.5) is 0 Å². The fraction of sp³-hybridized carbons (Fsp3) is 0.450. The molecule has 25 heavy (non-hydrogen) atoms. The molecule has 1 fully saturated rings. The largest absolute Gasteiger partial charge is 0.391 e.